The molecule has 1 aromatic carbocycles. The Bertz CT molecular complexity index is 1120. The maximum atomic E-state index is 12.4. The molecule has 4 rings (SSSR count). The third-order valence-electron chi connectivity index (χ3n) is 4.21. The molecule has 0 saturated carbocycles. The first-order valence-corrected chi connectivity index (χ1v) is 11.1. The molecule has 9 nitrogen and oxygen atoms in total. The number of carbonyl (C=O) groups is 1. The van der Waals surface area contributed by atoms with Crippen molar-refractivity contribution < 1.29 is 9.21 Å². The zero-order valence-corrected chi connectivity index (χ0v) is 18.1. The highest BCUT2D eigenvalue weighted by atomic mass is 32.2. The molecule has 11 heteroatoms. The van der Waals surface area contributed by atoms with Gasteiger partial charge in [-0.15, -0.1) is 21.5 Å². The second kappa shape index (κ2) is 9.18. The Balaban J connectivity index is 1.44. The molecule has 0 aliphatic heterocycles. The molecule has 0 aliphatic rings. The smallest absolute Gasteiger partial charge is 0.277 e. The summed E-state index contributed by atoms with van der Waals surface area (Å²) >= 11 is 2.84. The molecule has 0 saturated heterocycles. The molecule has 0 radical (unpaired) electrons. The molecule has 154 valence electrons. The fourth-order valence-electron chi connectivity index (χ4n) is 2.85. The monoisotopic (exact) mass is 441 g/mol. The van der Waals surface area contributed by atoms with E-state index >= 15 is 0 Å². The van der Waals surface area contributed by atoms with Crippen molar-refractivity contribution in [1.82, 2.24) is 29.9 Å². The van der Waals surface area contributed by atoms with E-state index in [0.717, 1.165) is 23.4 Å². The summed E-state index contributed by atoms with van der Waals surface area (Å²) in [6.07, 6.45) is 3.88. The molecule has 0 fully saturated rings. The molecule has 30 heavy (non-hydrogen) atoms. The van der Waals surface area contributed by atoms with E-state index in [1.54, 1.807) is 22.8 Å². The van der Waals surface area contributed by atoms with Gasteiger partial charge in [0.05, 0.1) is 11.4 Å². The standard InChI is InChI=1S/C19H19N7O2S2/c1-3-14-6-4-5-7-16(14)26(13(2)27)18-22-15(9-29-18)10-30-19-24-23-17(28-19)8-25-12-20-11-21-25/h4-7,9,11-12H,3,8,10H2,1-2H3. The highest BCUT2D eigenvalue weighted by molar-refractivity contribution is 7.98. The first-order valence-electron chi connectivity index (χ1n) is 9.24. The number of hydrogen-bond donors (Lipinski definition) is 0. The van der Waals surface area contributed by atoms with Gasteiger partial charge in [-0.05, 0) is 18.1 Å². The number of amides is 1. The normalized spacial score (nSPS) is 11.0. The Kier molecular flexibility index (Phi) is 6.19. The van der Waals surface area contributed by atoms with E-state index in [-0.39, 0.29) is 5.91 Å². The average molecular weight is 442 g/mol. The van der Waals surface area contributed by atoms with Gasteiger partial charge in [-0.2, -0.15) is 5.10 Å². The van der Waals surface area contributed by atoms with Crippen LogP contribution in [0.2, 0.25) is 0 Å². The molecule has 0 bridgehead atoms. The van der Waals surface area contributed by atoms with Gasteiger partial charge in [-0.3, -0.25) is 9.69 Å². The van der Waals surface area contributed by atoms with Crippen molar-refractivity contribution in [3.63, 3.8) is 0 Å². The van der Waals surface area contributed by atoms with Gasteiger partial charge in [0.15, 0.2) is 5.13 Å². The van der Waals surface area contributed by atoms with Crippen molar-refractivity contribution in [3.8, 4) is 0 Å². The van der Waals surface area contributed by atoms with Gasteiger partial charge in [-0.25, -0.2) is 14.6 Å². The average Bonchev–Trinajstić information content (AvgIpc) is 3.50. The third kappa shape index (κ3) is 4.57. The number of para-hydroxylation sites is 1. The molecule has 3 heterocycles. The highest BCUT2D eigenvalue weighted by Crippen LogP contribution is 2.33. The second-order valence-corrected chi connectivity index (χ2v) is 8.06. The fourth-order valence-corrected chi connectivity index (χ4v) is 4.51. The zero-order chi connectivity index (χ0) is 20.9. The predicted octanol–water partition coefficient (Wildman–Crippen LogP) is 3.71. The number of thiazole rings is 1. The summed E-state index contributed by atoms with van der Waals surface area (Å²) in [4.78, 5) is 22.6. The van der Waals surface area contributed by atoms with Crippen molar-refractivity contribution in [1.29, 1.82) is 0 Å². The van der Waals surface area contributed by atoms with Gasteiger partial charge in [0.1, 0.15) is 19.2 Å². The van der Waals surface area contributed by atoms with Crippen LogP contribution in [-0.2, 0) is 23.5 Å². The minimum absolute atomic E-state index is 0.0703. The lowest BCUT2D eigenvalue weighted by Crippen LogP contribution is -2.23. The molecule has 0 aliphatic carbocycles. The van der Waals surface area contributed by atoms with Crippen LogP contribution in [0.15, 0.2) is 51.9 Å². The van der Waals surface area contributed by atoms with Crippen LogP contribution in [0.4, 0.5) is 10.8 Å². The SMILES string of the molecule is CCc1ccccc1N(C(C)=O)c1nc(CSc2nnc(Cn3cncn3)o2)cs1. The maximum Gasteiger partial charge on any atom is 0.277 e. The molecule has 0 spiro atoms. The van der Waals surface area contributed by atoms with Crippen molar-refractivity contribution in [2.24, 2.45) is 0 Å². The summed E-state index contributed by atoms with van der Waals surface area (Å²) in [5.41, 5.74) is 2.82. The van der Waals surface area contributed by atoms with E-state index in [4.69, 9.17) is 4.42 Å². The summed E-state index contributed by atoms with van der Waals surface area (Å²) in [6.45, 7) is 4.00. The predicted molar refractivity (Wildman–Crippen MR) is 114 cm³/mol. The number of anilines is 2. The minimum atomic E-state index is -0.0703. The van der Waals surface area contributed by atoms with E-state index in [1.807, 2.05) is 29.6 Å². The van der Waals surface area contributed by atoms with Gasteiger partial charge >= 0.3 is 0 Å². The van der Waals surface area contributed by atoms with Gasteiger partial charge in [0, 0.05) is 18.1 Å². The lowest BCUT2D eigenvalue weighted by Gasteiger charge is -2.20. The number of aryl methyl sites for hydroxylation is 1. The van der Waals surface area contributed by atoms with Crippen molar-refractivity contribution in [2.45, 2.75) is 37.8 Å². The molecule has 3 aromatic heterocycles. The number of rotatable bonds is 8. The summed E-state index contributed by atoms with van der Waals surface area (Å²) in [7, 11) is 0. The van der Waals surface area contributed by atoms with Crippen LogP contribution in [-0.4, -0.2) is 35.9 Å². The van der Waals surface area contributed by atoms with Gasteiger partial charge in [0.2, 0.25) is 11.8 Å². The molecular formula is C19H19N7O2S2. The molecule has 0 N–H and O–H groups in total. The minimum Gasteiger partial charge on any atom is -0.414 e. The zero-order valence-electron chi connectivity index (χ0n) is 16.4. The molecule has 1 amide bonds. The van der Waals surface area contributed by atoms with E-state index in [1.165, 1.54) is 29.4 Å². The Morgan fingerprint density at radius 1 is 1.30 bits per heavy atom. The van der Waals surface area contributed by atoms with E-state index in [9.17, 15) is 4.79 Å². The van der Waals surface area contributed by atoms with Crippen LogP contribution in [0.5, 0.6) is 0 Å². The molecule has 4 aromatic rings. The van der Waals surface area contributed by atoms with Crippen LogP contribution in [0.1, 0.15) is 31.0 Å². The summed E-state index contributed by atoms with van der Waals surface area (Å²) < 4.78 is 7.24. The highest BCUT2D eigenvalue weighted by Gasteiger charge is 2.20. The first kappa shape index (κ1) is 20.2. The summed E-state index contributed by atoms with van der Waals surface area (Å²) in [5, 5.41) is 15.1. The van der Waals surface area contributed by atoms with Crippen LogP contribution in [0, 0.1) is 0 Å². The van der Waals surface area contributed by atoms with Crippen molar-refractivity contribution >= 4 is 39.8 Å². The van der Waals surface area contributed by atoms with Gasteiger partial charge in [-0.1, -0.05) is 36.9 Å². The van der Waals surface area contributed by atoms with E-state index in [0.29, 0.717) is 28.5 Å². The van der Waals surface area contributed by atoms with Crippen molar-refractivity contribution in [3.05, 3.63) is 59.4 Å². The number of benzene rings is 1. The summed E-state index contributed by atoms with van der Waals surface area (Å²) in [5.74, 6) is 0.947. The second-order valence-electron chi connectivity index (χ2n) is 6.30. The molecular weight excluding hydrogens is 422 g/mol. The largest absolute Gasteiger partial charge is 0.414 e. The Morgan fingerprint density at radius 3 is 2.93 bits per heavy atom. The quantitative estimate of drug-likeness (QED) is 0.381. The molecule has 0 atom stereocenters. The fraction of sp³-hybridized carbons (Fsp3) is 0.263. The van der Waals surface area contributed by atoms with Gasteiger partial charge < -0.3 is 4.42 Å². The first-order chi connectivity index (χ1) is 14.6. The number of aromatic nitrogens is 6. The Morgan fingerprint density at radius 2 is 2.17 bits per heavy atom. The van der Waals surface area contributed by atoms with Gasteiger partial charge in [0.25, 0.3) is 5.22 Å². The number of carbonyl (C=O) groups excluding carboxylic acids is 1. The number of hydrogen-bond acceptors (Lipinski definition) is 9. The topological polar surface area (TPSA) is 103 Å². The Hall–Kier alpha value is -3.05. The maximum absolute atomic E-state index is 12.4. The Labute approximate surface area is 181 Å². The number of nitrogens with zero attached hydrogens (tertiary/aromatic N) is 7. The summed E-state index contributed by atoms with van der Waals surface area (Å²) in [6, 6.07) is 7.89. The number of thioether (sulfide) groups is 1. The van der Waals surface area contributed by atoms with Crippen LogP contribution in [0.25, 0.3) is 0 Å². The van der Waals surface area contributed by atoms with E-state index < -0.39 is 0 Å². The molecule has 0 unspecified atom stereocenters. The lowest BCUT2D eigenvalue weighted by molar-refractivity contribution is -0.115. The van der Waals surface area contributed by atoms with Crippen LogP contribution >= 0.6 is 23.1 Å². The lowest BCUT2D eigenvalue weighted by atomic mass is 10.1. The van der Waals surface area contributed by atoms with Crippen LogP contribution < -0.4 is 4.90 Å². The third-order valence-corrected chi connectivity index (χ3v) is 5.94. The van der Waals surface area contributed by atoms with Crippen molar-refractivity contribution in [2.75, 3.05) is 4.90 Å². The van der Waals surface area contributed by atoms with Crippen LogP contribution in [0.3, 0.4) is 0 Å². The van der Waals surface area contributed by atoms with E-state index in [2.05, 4.69) is 32.2 Å².